The number of carbonyl (C=O) groups is 1. The number of nitrogens with zero attached hydrogens (tertiary/aromatic N) is 4. The molecule has 1 aromatic heterocycles. The SMILES string of the molecule is O=C(CC(c1ccccc1)c1ccccc1)N1[C@H]2CC[C@H]1CC(n1nccn1)C2. The van der Waals surface area contributed by atoms with E-state index in [1.165, 1.54) is 11.1 Å². The van der Waals surface area contributed by atoms with Crippen LogP contribution in [0, 0.1) is 0 Å². The quantitative estimate of drug-likeness (QED) is 0.660. The summed E-state index contributed by atoms with van der Waals surface area (Å²) in [5, 5.41) is 8.67. The van der Waals surface area contributed by atoms with Crippen molar-refractivity contribution in [1.82, 2.24) is 19.9 Å². The molecule has 1 amide bonds. The molecular weight excluding hydrogens is 360 g/mol. The lowest BCUT2D eigenvalue weighted by atomic mass is 9.87. The first-order chi connectivity index (χ1) is 14.3. The summed E-state index contributed by atoms with van der Waals surface area (Å²) < 4.78 is 0. The highest BCUT2D eigenvalue weighted by molar-refractivity contribution is 5.79. The van der Waals surface area contributed by atoms with Crippen LogP contribution >= 0.6 is 0 Å². The van der Waals surface area contributed by atoms with Crippen molar-refractivity contribution in [2.75, 3.05) is 0 Å². The molecule has 2 bridgehead atoms. The zero-order valence-electron chi connectivity index (χ0n) is 16.5. The summed E-state index contributed by atoms with van der Waals surface area (Å²) in [7, 11) is 0. The maximum absolute atomic E-state index is 13.5. The third-order valence-electron chi connectivity index (χ3n) is 6.54. The van der Waals surface area contributed by atoms with Crippen molar-refractivity contribution in [1.29, 1.82) is 0 Å². The average Bonchev–Trinajstić information content (AvgIpc) is 3.40. The Morgan fingerprint density at radius 3 is 1.86 bits per heavy atom. The fraction of sp³-hybridized carbons (Fsp3) is 0.375. The molecular formula is C24H26N4O. The zero-order chi connectivity index (χ0) is 19.6. The Labute approximate surface area is 171 Å². The van der Waals surface area contributed by atoms with Crippen LogP contribution in [0.5, 0.6) is 0 Å². The van der Waals surface area contributed by atoms with Gasteiger partial charge in [0.25, 0.3) is 0 Å². The first-order valence-electron chi connectivity index (χ1n) is 10.6. The van der Waals surface area contributed by atoms with Crippen LogP contribution in [0.1, 0.15) is 55.2 Å². The maximum Gasteiger partial charge on any atom is 0.224 e. The maximum atomic E-state index is 13.5. The van der Waals surface area contributed by atoms with Crippen LogP contribution in [0.25, 0.3) is 0 Å². The van der Waals surface area contributed by atoms with Gasteiger partial charge in [0.2, 0.25) is 5.91 Å². The van der Waals surface area contributed by atoms with Crippen LogP contribution in [-0.2, 0) is 4.79 Å². The molecule has 0 spiro atoms. The van der Waals surface area contributed by atoms with Crippen molar-refractivity contribution in [3.63, 3.8) is 0 Å². The smallest absolute Gasteiger partial charge is 0.224 e. The van der Waals surface area contributed by atoms with Crippen LogP contribution in [0.3, 0.4) is 0 Å². The molecule has 3 heterocycles. The number of hydrogen-bond acceptors (Lipinski definition) is 3. The predicted molar refractivity (Wildman–Crippen MR) is 111 cm³/mol. The number of carbonyl (C=O) groups excluding carboxylic acids is 1. The lowest BCUT2D eigenvalue weighted by molar-refractivity contribution is -0.136. The summed E-state index contributed by atoms with van der Waals surface area (Å²) in [6.45, 7) is 0. The largest absolute Gasteiger partial charge is 0.337 e. The summed E-state index contributed by atoms with van der Waals surface area (Å²) in [6, 6.07) is 21.8. The minimum absolute atomic E-state index is 0.0924. The molecule has 0 radical (unpaired) electrons. The fourth-order valence-corrected chi connectivity index (χ4v) is 5.24. The Morgan fingerprint density at radius 1 is 0.828 bits per heavy atom. The monoisotopic (exact) mass is 386 g/mol. The Kier molecular flexibility index (Phi) is 4.88. The lowest BCUT2D eigenvalue weighted by Gasteiger charge is -2.39. The van der Waals surface area contributed by atoms with E-state index in [2.05, 4.69) is 63.6 Å². The summed E-state index contributed by atoms with van der Waals surface area (Å²) in [4.78, 5) is 17.5. The first-order valence-corrected chi connectivity index (χ1v) is 10.6. The highest BCUT2D eigenvalue weighted by Crippen LogP contribution is 2.41. The van der Waals surface area contributed by atoms with E-state index in [1.54, 1.807) is 12.4 Å². The van der Waals surface area contributed by atoms with Gasteiger partial charge in [-0.2, -0.15) is 15.0 Å². The molecule has 2 atom stereocenters. The van der Waals surface area contributed by atoms with E-state index in [1.807, 2.05) is 16.9 Å². The zero-order valence-corrected chi connectivity index (χ0v) is 16.5. The van der Waals surface area contributed by atoms with Gasteiger partial charge in [-0.05, 0) is 36.8 Å². The highest BCUT2D eigenvalue weighted by Gasteiger charge is 2.44. The molecule has 29 heavy (non-hydrogen) atoms. The van der Waals surface area contributed by atoms with Crippen LogP contribution in [0.4, 0.5) is 0 Å². The average molecular weight is 386 g/mol. The molecule has 0 N–H and O–H groups in total. The van der Waals surface area contributed by atoms with Gasteiger partial charge in [-0.1, -0.05) is 60.7 Å². The molecule has 2 fully saturated rings. The second-order valence-electron chi connectivity index (χ2n) is 8.24. The van der Waals surface area contributed by atoms with Gasteiger partial charge in [0.05, 0.1) is 18.4 Å². The van der Waals surface area contributed by atoms with Crippen molar-refractivity contribution in [3.05, 3.63) is 84.2 Å². The molecule has 2 saturated heterocycles. The number of rotatable bonds is 5. The van der Waals surface area contributed by atoms with Crippen LogP contribution < -0.4 is 0 Å². The van der Waals surface area contributed by atoms with Crippen LogP contribution in [0.15, 0.2) is 73.1 Å². The summed E-state index contributed by atoms with van der Waals surface area (Å²) in [5.41, 5.74) is 2.41. The van der Waals surface area contributed by atoms with Crippen molar-refractivity contribution < 1.29 is 4.79 Å². The minimum Gasteiger partial charge on any atom is -0.337 e. The number of amides is 1. The van der Waals surface area contributed by atoms with E-state index in [4.69, 9.17) is 0 Å². The lowest BCUT2D eigenvalue weighted by Crippen LogP contribution is -2.47. The number of fused-ring (bicyclic) bond motifs is 2. The summed E-state index contributed by atoms with van der Waals surface area (Å²) in [6.07, 6.45) is 8.10. The van der Waals surface area contributed by atoms with E-state index < -0.39 is 0 Å². The standard InChI is InChI=1S/C24H26N4O/c29-24(17-23(18-7-3-1-4-8-18)19-9-5-2-6-10-19)27-20-11-12-21(27)16-22(15-20)28-25-13-14-26-28/h1-10,13-14,20-23H,11-12,15-17H2/t20-,21-/m0/s1. The molecule has 0 aliphatic carbocycles. The van der Waals surface area contributed by atoms with E-state index in [0.717, 1.165) is 25.7 Å². The second kappa shape index (κ2) is 7.82. The van der Waals surface area contributed by atoms with Gasteiger partial charge >= 0.3 is 0 Å². The van der Waals surface area contributed by atoms with Gasteiger partial charge in [-0.15, -0.1) is 0 Å². The molecule has 0 saturated carbocycles. The topological polar surface area (TPSA) is 51.0 Å². The van der Waals surface area contributed by atoms with E-state index in [0.29, 0.717) is 24.5 Å². The third kappa shape index (κ3) is 3.57. The molecule has 2 aromatic carbocycles. The number of benzene rings is 2. The van der Waals surface area contributed by atoms with Crippen molar-refractivity contribution in [3.8, 4) is 0 Å². The molecule has 5 nitrogen and oxygen atoms in total. The summed E-state index contributed by atoms with van der Waals surface area (Å²) in [5.74, 6) is 0.372. The summed E-state index contributed by atoms with van der Waals surface area (Å²) >= 11 is 0. The van der Waals surface area contributed by atoms with Crippen molar-refractivity contribution >= 4 is 5.91 Å². The van der Waals surface area contributed by atoms with Gasteiger partial charge in [0, 0.05) is 24.4 Å². The van der Waals surface area contributed by atoms with E-state index in [-0.39, 0.29) is 11.8 Å². The van der Waals surface area contributed by atoms with Gasteiger partial charge in [0.15, 0.2) is 0 Å². The first kappa shape index (κ1) is 18.1. The van der Waals surface area contributed by atoms with E-state index in [9.17, 15) is 4.79 Å². The highest BCUT2D eigenvalue weighted by atomic mass is 16.2. The molecule has 5 heteroatoms. The normalized spacial score (nSPS) is 23.5. The predicted octanol–water partition coefficient (Wildman–Crippen LogP) is 4.19. The van der Waals surface area contributed by atoms with Crippen molar-refractivity contribution in [2.24, 2.45) is 0 Å². The van der Waals surface area contributed by atoms with E-state index >= 15 is 0 Å². The second-order valence-corrected chi connectivity index (χ2v) is 8.24. The van der Waals surface area contributed by atoms with Gasteiger partial charge in [-0.3, -0.25) is 4.79 Å². The molecule has 2 aliphatic rings. The Morgan fingerprint density at radius 2 is 1.34 bits per heavy atom. The molecule has 0 unspecified atom stereocenters. The van der Waals surface area contributed by atoms with Crippen LogP contribution in [0.2, 0.25) is 0 Å². The minimum atomic E-state index is 0.0924. The molecule has 148 valence electrons. The fourth-order valence-electron chi connectivity index (χ4n) is 5.24. The van der Waals surface area contributed by atoms with Crippen LogP contribution in [-0.4, -0.2) is 37.9 Å². The third-order valence-corrected chi connectivity index (χ3v) is 6.54. The van der Waals surface area contributed by atoms with Gasteiger partial charge in [0.1, 0.15) is 0 Å². The van der Waals surface area contributed by atoms with Gasteiger partial charge < -0.3 is 4.90 Å². The number of hydrogen-bond donors (Lipinski definition) is 0. The number of aromatic nitrogens is 3. The Bertz CT molecular complexity index is 888. The Hall–Kier alpha value is -2.95. The Balaban J connectivity index is 1.36. The molecule has 5 rings (SSSR count). The van der Waals surface area contributed by atoms with Crippen molar-refractivity contribution in [2.45, 2.75) is 56.1 Å². The van der Waals surface area contributed by atoms with Gasteiger partial charge in [-0.25, -0.2) is 0 Å². The molecule has 3 aromatic rings. The number of piperidine rings is 1. The molecule has 2 aliphatic heterocycles.